The minimum Gasteiger partial charge on any atom is -0.483 e. The maximum Gasteiger partial charge on any atom is 0.146 e. The average Bonchev–Trinajstić information content (AvgIpc) is 2.69. The number of aryl methyl sites for hydroxylation is 1. The van der Waals surface area contributed by atoms with Crippen molar-refractivity contribution in [2.45, 2.75) is 13.5 Å². The van der Waals surface area contributed by atoms with Crippen LogP contribution in [0.3, 0.4) is 0 Å². The van der Waals surface area contributed by atoms with E-state index in [1.165, 1.54) is 0 Å². The van der Waals surface area contributed by atoms with Gasteiger partial charge in [0, 0.05) is 0 Å². The van der Waals surface area contributed by atoms with E-state index in [1.807, 2.05) is 37.3 Å². The molecule has 0 radical (unpaired) electrons. The number of hydrogen-bond acceptors (Lipinski definition) is 3. The van der Waals surface area contributed by atoms with Crippen molar-refractivity contribution in [1.82, 2.24) is 0 Å². The molecule has 0 aliphatic rings. The summed E-state index contributed by atoms with van der Waals surface area (Å²) in [5, 5.41) is 0. The van der Waals surface area contributed by atoms with Gasteiger partial charge >= 0.3 is 0 Å². The van der Waals surface area contributed by atoms with Crippen LogP contribution in [0.15, 0.2) is 41.0 Å². The molecule has 1 aromatic carbocycles. The number of ether oxygens (including phenoxy) is 1. The van der Waals surface area contributed by atoms with Crippen molar-refractivity contribution >= 4 is 5.69 Å². The van der Waals surface area contributed by atoms with Crippen LogP contribution in [0.2, 0.25) is 0 Å². The number of nitrogen functional groups attached to an aromatic ring is 1. The van der Waals surface area contributed by atoms with E-state index in [9.17, 15) is 0 Å². The first kappa shape index (κ1) is 9.65. The van der Waals surface area contributed by atoms with Gasteiger partial charge in [-0.05, 0) is 36.8 Å². The van der Waals surface area contributed by atoms with Gasteiger partial charge in [-0.1, -0.05) is 6.07 Å². The van der Waals surface area contributed by atoms with Crippen molar-refractivity contribution in [2.75, 3.05) is 5.73 Å². The van der Waals surface area contributed by atoms with Gasteiger partial charge in [0.05, 0.1) is 12.0 Å². The number of nitrogens with two attached hydrogens (primary N) is 1. The molecule has 0 unspecified atom stereocenters. The molecule has 0 saturated carbocycles. The summed E-state index contributed by atoms with van der Waals surface area (Å²) in [6, 6.07) is 9.42. The van der Waals surface area contributed by atoms with E-state index >= 15 is 0 Å². The third-order valence-corrected chi connectivity index (χ3v) is 2.12. The zero-order chi connectivity index (χ0) is 10.7. The van der Waals surface area contributed by atoms with Crippen molar-refractivity contribution < 1.29 is 9.15 Å². The van der Waals surface area contributed by atoms with E-state index in [2.05, 4.69) is 0 Å². The molecule has 0 amide bonds. The normalized spacial score (nSPS) is 10.2. The predicted octanol–water partition coefficient (Wildman–Crippen LogP) is 2.75. The highest BCUT2D eigenvalue weighted by atomic mass is 16.5. The average molecular weight is 203 g/mol. The van der Waals surface area contributed by atoms with E-state index in [0.29, 0.717) is 18.0 Å². The Morgan fingerprint density at radius 1 is 1.33 bits per heavy atom. The van der Waals surface area contributed by atoms with Crippen LogP contribution in [0.25, 0.3) is 0 Å². The lowest BCUT2D eigenvalue weighted by molar-refractivity contribution is 0.271. The summed E-state index contributed by atoms with van der Waals surface area (Å²) in [5.41, 5.74) is 7.58. The van der Waals surface area contributed by atoms with Crippen LogP contribution in [-0.2, 0) is 6.61 Å². The van der Waals surface area contributed by atoms with Gasteiger partial charge in [-0.15, -0.1) is 0 Å². The van der Waals surface area contributed by atoms with Gasteiger partial charge in [-0.2, -0.15) is 0 Å². The summed E-state index contributed by atoms with van der Waals surface area (Å²) in [6.45, 7) is 2.40. The molecule has 15 heavy (non-hydrogen) atoms. The van der Waals surface area contributed by atoms with Crippen molar-refractivity contribution in [2.24, 2.45) is 0 Å². The fraction of sp³-hybridized carbons (Fsp3) is 0.167. The van der Waals surface area contributed by atoms with E-state index in [4.69, 9.17) is 14.9 Å². The lowest BCUT2D eigenvalue weighted by atomic mass is 10.2. The Morgan fingerprint density at radius 3 is 2.87 bits per heavy atom. The van der Waals surface area contributed by atoms with Gasteiger partial charge in [-0.3, -0.25) is 0 Å². The van der Waals surface area contributed by atoms with Gasteiger partial charge in [0.2, 0.25) is 0 Å². The SMILES string of the molecule is Cc1ccc(OCc2ccco2)c(N)c1. The van der Waals surface area contributed by atoms with Crippen LogP contribution < -0.4 is 10.5 Å². The molecular formula is C12H13NO2. The maximum atomic E-state index is 5.81. The van der Waals surface area contributed by atoms with E-state index in [-0.39, 0.29) is 0 Å². The van der Waals surface area contributed by atoms with Crippen LogP contribution in [0.4, 0.5) is 5.69 Å². The number of rotatable bonds is 3. The fourth-order valence-corrected chi connectivity index (χ4v) is 1.34. The smallest absolute Gasteiger partial charge is 0.146 e. The molecule has 0 fully saturated rings. The second kappa shape index (κ2) is 4.09. The van der Waals surface area contributed by atoms with Crippen molar-refractivity contribution in [3.63, 3.8) is 0 Å². The Labute approximate surface area is 88.5 Å². The zero-order valence-electron chi connectivity index (χ0n) is 8.57. The summed E-state index contributed by atoms with van der Waals surface area (Å²) < 4.78 is 10.7. The highest BCUT2D eigenvalue weighted by Crippen LogP contribution is 2.23. The van der Waals surface area contributed by atoms with Gasteiger partial charge in [0.25, 0.3) is 0 Å². The second-order valence-corrected chi connectivity index (χ2v) is 3.41. The molecule has 78 valence electrons. The number of anilines is 1. The molecule has 3 nitrogen and oxygen atoms in total. The molecule has 0 bridgehead atoms. The number of hydrogen-bond donors (Lipinski definition) is 1. The van der Waals surface area contributed by atoms with Gasteiger partial charge in [0.1, 0.15) is 18.1 Å². The summed E-state index contributed by atoms with van der Waals surface area (Å²) in [6.07, 6.45) is 1.62. The Balaban J connectivity index is 2.05. The quantitative estimate of drug-likeness (QED) is 0.780. The van der Waals surface area contributed by atoms with Crippen molar-refractivity contribution in [3.05, 3.63) is 47.9 Å². The molecule has 2 aromatic rings. The Kier molecular flexibility index (Phi) is 2.63. The van der Waals surface area contributed by atoms with Gasteiger partial charge in [-0.25, -0.2) is 0 Å². The van der Waals surface area contributed by atoms with Gasteiger partial charge in [0.15, 0.2) is 0 Å². The topological polar surface area (TPSA) is 48.4 Å². The summed E-state index contributed by atoms with van der Waals surface area (Å²) in [5.74, 6) is 1.48. The molecule has 0 aliphatic carbocycles. The van der Waals surface area contributed by atoms with Crippen LogP contribution in [0, 0.1) is 6.92 Å². The van der Waals surface area contributed by atoms with E-state index in [1.54, 1.807) is 6.26 Å². The third-order valence-electron chi connectivity index (χ3n) is 2.12. The first-order chi connectivity index (χ1) is 7.25. The predicted molar refractivity (Wildman–Crippen MR) is 58.6 cm³/mol. The Hall–Kier alpha value is -1.90. The number of benzene rings is 1. The second-order valence-electron chi connectivity index (χ2n) is 3.41. The van der Waals surface area contributed by atoms with E-state index in [0.717, 1.165) is 11.3 Å². The highest BCUT2D eigenvalue weighted by molar-refractivity contribution is 5.53. The van der Waals surface area contributed by atoms with Crippen LogP contribution in [0.1, 0.15) is 11.3 Å². The number of furan rings is 1. The molecule has 1 heterocycles. The molecule has 0 saturated heterocycles. The fourth-order valence-electron chi connectivity index (χ4n) is 1.34. The van der Waals surface area contributed by atoms with Crippen LogP contribution in [0.5, 0.6) is 5.75 Å². The molecular weight excluding hydrogens is 190 g/mol. The summed E-state index contributed by atoms with van der Waals surface area (Å²) >= 11 is 0. The third kappa shape index (κ3) is 2.31. The monoisotopic (exact) mass is 203 g/mol. The molecule has 0 atom stereocenters. The Bertz CT molecular complexity index is 435. The summed E-state index contributed by atoms with van der Waals surface area (Å²) in [7, 11) is 0. The standard InChI is InChI=1S/C12H13NO2/c1-9-4-5-12(11(13)7-9)15-8-10-3-2-6-14-10/h2-7H,8,13H2,1H3. The first-order valence-electron chi connectivity index (χ1n) is 4.77. The maximum absolute atomic E-state index is 5.81. The summed E-state index contributed by atoms with van der Waals surface area (Å²) in [4.78, 5) is 0. The van der Waals surface area contributed by atoms with Crippen LogP contribution in [-0.4, -0.2) is 0 Å². The molecule has 2 N–H and O–H groups in total. The van der Waals surface area contributed by atoms with Crippen molar-refractivity contribution in [1.29, 1.82) is 0 Å². The first-order valence-corrected chi connectivity index (χ1v) is 4.77. The molecule has 0 spiro atoms. The van der Waals surface area contributed by atoms with Crippen molar-refractivity contribution in [3.8, 4) is 5.75 Å². The largest absolute Gasteiger partial charge is 0.483 e. The Morgan fingerprint density at radius 2 is 2.20 bits per heavy atom. The minimum atomic E-state index is 0.403. The highest BCUT2D eigenvalue weighted by Gasteiger charge is 2.01. The molecule has 2 rings (SSSR count). The minimum absolute atomic E-state index is 0.403. The van der Waals surface area contributed by atoms with Crippen LogP contribution >= 0.6 is 0 Å². The van der Waals surface area contributed by atoms with E-state index < -0.39 is 0 Å². The lowest BCUT2D eigenvalue weighted by Gasteiger charge is -2.07. The zero-order valence-corrected chi connectivity index (χ0v) is 8.57. The van der Waals surface area contributed by atoms with Gasteiger partial charge < -0.3 is 14.9 Å². The lowest BCUT2D eigenvalue weighted by Crippen LogP contribution is -1.97. The molecule has 0 aliphatic heterocycles. The molecule has 3 heteroatoms. The molecule has 1 aromatic heterocycles.